The van der Waals surface area contributed by atoms with Crippen LogP contribution in [0, 0.1) is 0 Å². The average Bonchev–Trinajstić information content (AvgIpc) is 2.66. The second-order valence-corrected chi connectivity index (χ2v) is 3.66. The molecular formula is C9H15NO4S. The lowest BCUT2D eigenvalue weighted by atomic mass is 10.2. The van der Waals surface area contributed by atoms with Crippen LogP contribution in [0.15, 0.2) is 22.8 Å². The van der Waals surface area contributed by atoms with Gasteiger partial charge in [0, 0.05) is 6.07 Å². The number of hydrogen-bond donors (Lipinski definition) is 3. The molecule has 1 aromatic rings. The molecule has 0 saturated carbocycles. The van der Waals surface area contributed by atoms with Crippen molar-refractivity contribution in [3.05, 3.63) is 18.4 Å². The fraction of sp³-hybridized carbons (Fsp3) is 0.444. The molecule has 0 aliphatic heterocycles. The number of thioether (sulfide) groups is 1. The Morgan fingerprint density at radius 1 is 1.73 bits per heavy atom. The van der Waals surface area contributed by atoms with E-state index in [1.54, 1.807) is 17.8 Å². The molecule has 1 atom stereocenters. The number of furan rings is 1. The van der Waals surface area contributed by atoms with Gasteiger partial charge in [-0.25, -0.2) is 0 Å². The molecule has 5 nitrogen and oxygen atoms in total. The quantitative estimate of drug-likeness (QED) is 0.721. The van der Waals surface area contributed by atoms with E-state index in [9.17, 15) is 4.79 Å². The molecule has 4 N–H and O–H groups in total. The summed E-state index contributed by atoms with van der Waals surface area (Å²) in [6, 6.07) is 2.41. The van der Waals surface area contributed by atoms with Crippen LogP contribution in [-0.2, 0) is 4.79 Å². The van der Waals surface area contributed by atoms with Crippen molar-refractivity contribution in [2.45, 2.75) is 12.5 Å². The van der Waals surface area contributed by atoms with E-state index < -0.39 is 12.0 Å². The summed E-state index contributed by atoms with van der Waals surface area (Å²) in [5.41, 5.74) is 5.19. The van der Waals surface area contributed by atoms with Crippen LogP contribution in [0.5, 0.6) is 5.95 Å². The molecule has 1 aromatic heterocycles. The zero-order valence-corrected chi connectivity index (χ0v) is 9.24. The van der Waals surface area contributed by atoms with Gasteiger partial charge < -0.3 is 20.4 Å². The van der Waals surface area contributed by atoms with Crippen molar-refractivity contribution in [3.8, 4) is 5.95 Å². The van der Waals surface area contributed by atoms with E-state index in [4.69, 9.17) is 15.9 Å². The Kier molecular flexibility index (Phi) is 7.57. The summed E-state index contributed by atoms with van der Waals surface area (Å²) in [5.74, 6) is -0.132. The molecule has 6 heteroatoms. The number of hydrogen-bond acceptors (Lipinski definition) is 5. The Bertz CT molecular complexity index is 263. The summed E-state index contributed by atoms with van der Waals surface area (Å²) in [7, 11) is 0. The molecule has 0 spiro atoms. The van der Waals surface area contributed by atoms with Crippen molar-refractivity contribution in [1.82, 2.24) is 0 Å². The first kappa shape index (κ1) is 13.9. The molecule has 0 aromatic carbocycles. The molecule has 1 rings (SSSR count). The smallest absolute Gasteiger partial charge is 0.320 e. The highest BCUT2D eigenvalue weighted by Gasteiger charge is 2.08. The zero-order valence-electron chi connectivity index (χ0n) is 8.42. The number of aromatic hydroxyl groups is 1. The lowest BCUT2D eigenvalue weighted by Gasteiger charge is -2.02. The standard InChI is InChI=1S/C5H11NO2S.C4H4O2/c1-9-3-2-4(6)5(7)8;5-4-2-1-3-6-4/h4H,2-3,6H2,1H3,(H,7,8);1-3,5H/t4-;/m0./s1. The predicted molar refractivity (Wildman–Crippen MR) is 59.0 cm³/mol. The van der Waals surface area contributed by atoms with Gasteiger partial charge in [0.15, 0.2) is 0 Å². The molecule has 0 bridgehead atoms. The maximum Gasteiger partial charge on any atom is 0.320 e. The third-order valence-electron chi connectivity index (χ3n) is 1.46. The Morgan fingerprint density at radius 2 is 2.40 bits per heavy atom. The molecule has 0 amide bonds. The average molecular weight is 233 g/mol. The van der Waals surface area contributed by atoms with Gasteiger partial charge in [-0.05, 0) is 24.5 Å². The first-order chi connectivity index (χ1) is 7.07. The first-order valence-electron chi connectivity index (χ1n) is 4.27. The van der Waals surface area contributed by atoms with Crippen LogP contribution in [0.3, 0.4) is 0 Å². The highest BCUT2D eigenvalue weighted by atomic mass is 32.2. The van der Waals surface area contributed by atoms with Crippen molar-refractivity contribution in [2.75, 3.05) is 12.0 Å². The minimum absolute atomic E-state index is 0.0324. The van der Waals surface area contributed by atoms with Gasteiger partial charge in [0.1, 0.15) is 6.04 Å². The van der Waals surface area contributed by atoms with Crippen LogP contribution < -0.4 is 5.73 Å². The Labute approximate surface area is 92.3 Å². The fourth-order valence-corrected chi connectivity index (χ4v) is 1.13. The minimum Gasteiger partial charge on any atom is -0.481 e. The second kappa shape index (κ2) is 8.19. The number of carboxylic acid groups (broad SMARTS) is 1. The van der Waals surface area contributed by atoms with Crippen LogP contribution in [0.4, 0.5) is 0 Å². The van der Waals surface area contributed by atoms with Crippen LogP contribution in [0.1, 0.15) is 6.42 Å². The van der Waals surface area contributed by atoms with Crippen molar-refractivity contribution in [3.63, 3.8) is 0 Å². The fourth-order valence-electron chi connectivity index (χ4n) is 0.638. The maximum absolute atomic E-state index is 10.1. The lowest BCUT2D eigenvalue weighted by Crippen LogP contribution is -2.30. The summed E-state index contributed by atoms with van der Waals surface area (Å²) in [6.07, 6.45) is 3.89. The highest BCUT2D eigenvalue weighted by Crippen LogP contribution is 2.04. The topological polar surface area (TPSA) is 96.7 Å². The highest BCUT2D eigenvalue weighted by molar-refractivity contribution is 7.98. The monoisotopic (exact) mass is 233 g/mol. The van der Waals surface area contributed by atoms with Crippen molar-refractivity contribution >= 4 is 17.7 Å². The summed E-state index contributed by atoms with van der Waals surface area (Å²) in [5, 5.41) is 16.6. The summed E-state index contributed by atoms with van der Waals surface area (Å²) in [6.45, 7) is 0. The second-order valence-electron chi connectivity index (χ2n) is 2.68. The van der Waals surface area contributed by atoms with Crippen LogP contribution in [0.2, 0.25) is 0 Å². The van der Waals surface area contributed by atoms with Crippen LogP contribution in [0.25, 0.3) is 0 Å². The number of nitrogens with two attached hydrogens (primary N) is 1. The normalized spacial score (nSPS) is 11.3. The Hall–Kier alpha value is -1.14. The zero-order chi connectivity index (χ0) is 11.7. The van der Waals surface area contributed by atoms with Gasteiger partial charge in [-0.15, -0.1) is 0 Å². The maximum atomic E-state index is 10.1. The lowest BCUT2D eigenvalue weighted by molar-refractivity contribution is -0.138. The van der Waals surface area contributed by atoms with Gasteiger partial charge in [0.05, 0.1) is 6.26 Å². The van der Waals surface area contributed by atoms with E-state index in [2.05, 4.69) is 4.42 Å². The molecule has 0 aliphatic rings. The van der Waals surface area contributed by atoms with E-state index in [0.717, 1.165) is 5.75 Å². The first-order valence-corrected chi connectivity index (χ1v) is 5.67. The summed E-state index contributed by atoms with van der Waals surface area (Å²) >= 11 is 1.60. The van der Waals surface area contributed by atoms with Crippen molar-refractivity contribution < 1.29 is 19.4 Å². The van der Waals surface area contributed by atoms with Crippen LogP contribution in [-0.4, -0.2) is 34.2 Å². The molecular weight excluding hydrogens is 218 g/mol. The molecule has 86 valence electrons. The third kappa shape index (κ3) is 7.90. The molecule has 0 saturated heterocycles. The third-order valence-corrected chi connectivity index (χ3v) is 2.10. The molecule has 0 radical (unpaired) electrons. The Balaban J connectivity index is 0.000000280. The summed E-state index contributed by atoms with van der Waals surface area (Å²) in [4.78, 5) is 10.1. The predicted octanol–water partition coefficient (Wildman–Crippen LogP) is 1.14. The molecule has 1 heterocycles. The molecule has 15 heavy (non-hydrogen) atoms. The van der Waals surface area contributed by atoms with Crippen molar-refractivity contribution in [2.24, 2.45) is 5.73 Å². The number of rotatable bonds is 4. The Morgan fingerprint density at radius 3 is 2.67 bits per heavy atom. The SMILES string of the molecule is CSCC[C@H](N)C(=O)O.Oc1ccco1. The summed E-state index contributed by atoms with van der Waals surface area (Å²) < 4.78 is 4.39. The molecule has 0 aliphatic carbocycles. The molecule has 0 unspecified atom stereocenters. The van der Waals surface area contributed by atoms with E-state index in [0.29, 0.717) is 6.42 Å². The molecule has 0 fully saturated rings. The number of aliphatic carboxylic acids is 1. The van der Waals surface area contributed by atoms with Gasteiger partial charge in [0.25, 0.3) is 5.95 Å². The number of carbonyl (C=O) groups is 1. The van der Waals surface area contributed by atoms with Crippen LogP contribution >= 0.6 is 11.8 Å². The number of carboxylic acids is 1. The van der Waals surface area contributed by atoms with Gasteiger partial charge >= 0.3 is 5.97 Å². The van der Waals surface area contributed by atoms with Crippen molar-refractivity contribution in [1.29, 1.82) is 0 Å². The van der Waals surface area contributed by atoms with Gasteiger partial charge in [-0.2, -0.15) is 11.8 Å². The minimum atomic E-state index is -0.913. The van der Waals surface area contributed by atoms with E-state index in [-0.39, 0.29) is 5.95 Å². The van der Waals surface area contributed by atoms with E-state index >= 15 is 0 Å². The van der Waals surface area contributed by atoms with Gasteiger partial charge in [-0.1, -0.05) is 0 Å². The van der Waals surface area contributed by atoms with E-state index in [1.807, 2.05) is 6.26 Å². The van der Waals surface area contributed by atoms with E-state index in [1.165, 1.54) is 12.3 Å². The largest absolute Gasteiger partial charge is 0.481 e. The van der Waals surface area contributed by atoms with Gasteiger partial charge in [0.2, 0.25) is 0 Å². The van der Waals surface area contributed by atoms with Gasteiger partial charge in [-0.3, -0.25) is 4.79 Å².